The fourth-order valence-electron chi connectivity index (χ4n) is 5.81. The third kappa shape index (κ3) is 1.81. The van der Waals surface area contributed by atoms with E-state index in [0.717, 1.165) is 12.8 Å². The van der Waals surface area contributed by atoms with Crippen LogP contribution in [-0.2, 0) is 19.9 Å². The Kier molecular flexibility index (Phi) is 3.36. The molecule has 1 aromatic carbocycles. The first-order valence-electron chi connectivity index (χ1n) is 9.68. The molecule has 3 amide bonds. The Morgan fingerprint density at radius 1 is 1.30 bits per heavy atom. The standard InChI is InChI=1S/C20H22FN3O3/c1-3-10(2)24-17(25)15-14-5-4-8-23(14)20(16(15)18(24)26)12-9-11(21)6-7-13(12)22-19(20)27/h6-7,9-10,14-16H,3-5,8H2,1-2H3,(H,22,27)/t10-,14-,15+,16-,20+/m0/s1. The molecule has 1 spiro atoms. The average Bonchev–Trinajstić information content (AvgIpc) is 3.33. The van der Waals surface area contributed by atoms with Gasteiger partial charge in [0.1, 0.15) is 11.4 Å². The molecule has 27 heavy (non-hydrogen) atoms. The molecule has 0 aliphatic carbocycles. The van der Waals surface area contributed by atoms with Crippen LogP contribution in [0.1, 0.15) is 38.7 Å². The van der Waals surface area contributed by atoms with Gasteiger partial charge in [0.15, 0.2) is 0 Å². The highest BCUT2D eigenvalue weighted by Gasteiger charge is 2.74. The van der Waals surface area contributed by atoms with Crippen LogP contribution in [0.15, 0.2) is 18.2 Å². The third-order valence-corrected chi connectivity index (χ3v) is 7.02. The number of likely N-dealkylation sites (tertiary alicyclic amines) is 1. The summed E-state index contributed by atoms with van der Waals surface area (Å²) in [6.07, 6.45) is 2.29. The second-order valence-electron chi connectivity index (χ2n) is 8.12. The van der Waals surface area contributed by atoms with Crippen LogP contribution in [0.5, 0.6) is 0 Å². The number of benzene rings is 1. The van der Waals surface area contributed by atoms with Gasteiger partial charge in [0, 0.05) is 23.3 Å². The van der Waals surface area contributed by atoms with E-state index in [9.17, 15) is 18.8 Å². The molecule has 0 radical (unpaired) electrons. The van der Waals surface area contributed by atoms with Crippen molar-refractivity contribution >= 4 is 23.4 Å². The Hall–Kier alpha value is -2.28. The maximum absolute atomic E-state index is 14.1. The molecule has 0 unspecified atom stereocenters. The minimum absolute atomic E-state index is 0.152. The predicted octanol–water partition coefficient (Wildman–Crippen LogP) is 1.85. The molecule has 4 aliphatic heterocycles. The van der Waals surface area contributed by atoms with Crippen LogP contribution in [0.25, 0.3) is 0 Å². The fraction of sp³-hybridized carbons (Fsp3) is 0.550. The Bertz CT molecular complexity index is 887. The lowest BCUT2D eigenvalue weighted by atomic mass is 9.75. The Morgan fingerprint density at radius 2 is 2.07 bits per heavy atom. The molecule has 6 nitrogen and oxygen atoms in total. The van der Waals surface area contributed by atoms with Crippen molar-refractivity contribution in [1.29, 1.82) is 0 Å². The van der Waals surface area contributed by atoms with Crippen molar-refractivity contribution in [3.63, 3.8) is 0 Å². The Labute approximate surface area is 156 Å². The van der Waals surface area contributed by atoms with Crippen LogP contribution >= 0.6 is 0 Å². The first kappa shape index (κ1) is 16.9. The number of amides is 3. The van der Waals surface area contributed by atoms with Crippen LogP contribution in [-0.4, -0.2) is 46.1 Å². The minimum atomic E-state index is -1.28. The summed E-state index contributed by atoms with van der Waals surface area (Å²) < 4.78 is 14.1. The van der Waals surface area contributed by atoms with Gasteiger partial charge in [0.25, 0.3) is 0 Å². The maximum Gasteiger partial charge on any atom is 0.250 e. The summed E-state index contributed by atoms with van der Waals surface area (Å²) in [7, 11) is 0. The van der Waals surface area contributed by atoms with Crippen molar-refractivity contribution in [1.82, 2.24) is 9.80 Å². The second kappa shape index (κ2) is 5.38. The van der Waals surface area contributed by atoms with E-state index in [1.54, 1.807) is 6.07 Å². The van der Waals surface area contributed by atoms with E-state index in [-0.39, 0.29) is 29.8 Å². The number of anilines is 1. The van der Waals surface area contributed by atoms with E-state index in [4.69, 9.17) is 0 Å². The lowest BCUT2D eigenvalue weighted by molar-refractivity contribution is -0.147. The van der Waals surface area contributed by atoms with Gasteiger partial charge in [0.05, 0.1) is 11.8 Å². The van der Waals surface area contributed by atoms with Crippen molar-refractivity contribution in [2.45, 2.75) is 50.7 Å². The first-order valence-corrected chi connectivity index (χ1v) is 9.68. The van der Waals surface area contributed by atoms with Crippen LogP contribution in [0.4, 0.5) is 10.1 Å². The summed E-state index contributed by atoms with van der Waals surface area (Å²) >= 11 is 0. The van der Waals surface area contributed by atoms with Crippen molar-refractivity contribution in [3.05, 3.63) is 29.6 Å². The van der Waals surface area contributed by atoms with Crippen LogP contribution in [0.2, 0.25) is 0 Å². The molecule has 4 heterocycles. The number of nitrogens with zero attached hydrogens (tertiary/aromatic N) is 2. The maximum atomic E-state index is 14.1. The quantitative estimate of drug-likeness (QED) is 0.806. The normalized spacial score (nSPS) is 35.6. The zero-order valence-corrected chi connectivity index (χ0v) is 15.4. The molecule has 0 aromatic heterocycles. The predicted molar refractivity (Wildman–Crippen MR) is 95.0 cm³/mol. The number of fused-ring (bicyclic) bond motifs is 7. The number of hydrogen-bond donors (Lipinski definition) is 1. The highest BCUT2D eigenvalue weighted by atomic mass is 19.1. The summed E-state index contributed by atoms with van der Waals surface area (Å²) in [6, 6.07) is 3.84. The van der Waals surface area contributed by atoms with Gasteiger partial charge >= 0.3 is 0 Å². The molecule has 1 N–H and O–H groups in total. The monoisotopic (exact) mass is 371 g/mol. The van der Waals surface area contributed by atoms with E-state index >= 15 is 0 Å². The van der Waals surface area contributed by atoms with E-state index in [1.165, 1.54) is 17.0 Å². The number of rotatable bonds is 2. The summed E-state index contributed by atoms with van der Waals surface area (Å²) in [5, 5.41) is 2.85. The molecule has 1 aromatic rings. The fourth-order valence-corrected chi connectivity index (χ4v) is 5.81. The largest absolute Gasteiger partial charge is 0.324 e. The van der Waals surface area contributed by atoms with E-state index in [0.29, 0.717) is 24.2 Å². The third-order valence-electron chi connectivity index (χ3n) is 7.02. The lowest BCUT2D eigenvalue weighted by Crippen LogP contribution is -2.54. The van der Waals surface area contributed by atoms with Crippen molar-refractivity contribution in [2.24, 2.45) is 11.8 Å². The molecule has 4 aliphatic rings. The highest BCUT2D eigenvalue weighted by molar-refractivity contribution is 6.15. The van der Waals surface area contributed by atoms with Gasteiger partial charge in [0.2, 0.25) is 17.7 Å². The molecular formula is C20H22FN3O3. The lowest BCUT2D eigenvalue weighted by Gasteiger charge is -2.37. The zero-order chi connectivity index (χ0) is 19.1. The SMILES string of the molecule is CC[C@H](C)N1C(=O)[C@H]2[C@@H](C1=O)[C@]1(C(=O)Nc3ccc(F)cc31)N1CCC[C@@H]21. The van der Waals surface area contributed by atoms with Gasteiger partial charge in [-0.25, -0.2) is 4.39 Å². The molecule has 5 atom stereocenters. The van der Waals surface area contributed by atoms with E-state index < -0.39 is 23.2 Å². The number of imide groups is 1. The smallest absolute Gasteiger partial charge is 0.250 e. The summed E-state index contributed by atoms with van der Waals surface area (Å²) in [5.41, 5.74) is -0.243. The number of carbonyl (C=O) groups is 3. The Balaban J connectivity index is 1.74. The van der Waals surface area contributed by atoms with Gasteiger partial charge in [-0.3, -0.25) is 24.2 Å². The van der Waals surface area contributed by atoms with Crippen LogP contribution in [0.3, 0.4) is 0 Å². The molecule has 5 rings (SSSR count). The minimum Gasteiger partial charge on any atom is -0.324 e. The first-order chi connectivity index (χ1) is 12.9. The van der Waals surface area contributed by atoms with Gasteiger partial charge in [-0.05, 0) is 50.9 Å². The summed E-state index contributed by atoms with van der Waals surface area (Å²) in [6.45, 7) is 4.42. The summed E-state index contributed by atoms with van der Waals surface area (Å²) in [5.74, 6) is -2.54. The van der Waals surface area contributed by atoms with Gasteiger partial charge in [-0.2, -0.15) is 0 Å². The van der Waals surface area contributed by atoms with Crippen molar-refractivity contribution in [3.8, 4) is 0 Å². The van der Waals surface area contributed by atoms with E-state index in [1.807, 2.05) is 18.7 Å². The van der Waals surface area contributed by atoms with Crippen LogP contribution in [0, 0.1) is 17.7 Å². The molecule has 142 valence electrons. The van der Waals surface area contributed by atoms with E-state index in [2.05, 4.69) is 5.32 Å². The summed E-state index contributed by atoms with van der Waals surface area (Å²) in [4.78, 5) is 43.3. The van der Waals surface area contributed by atoms with Gasteiger partial charge in [-0.1, -0.05) is 6.92 Å². The van der Waals surface area contributed by atoms with Crippen LogP contribution < -0.4 is 5.32 Å². The van der Waals surface area contributed by atoms with Gasteiger partial charge in [-0.15, -0.1) is 0 Å². The second-order valence-corrected chi connectivity index (χ2v) is 8.12. The number of nitrogens with one attached hydrogen (secondary N) is 1. The topological polar surface area (TPSA) is 69.7 Å². The molecular weight excluding hydrogens is 349 g/mol. The zero-order valence-electron chi connectivity index (χ0n) is 15.4. The molecule has 0 saturated carbocycles. The highest BCUT2D eigenvalue weighted by Crippen LogP contribution is 2.60. The molecule has 3 fully saturated rings. The van der Waals surface area contributed by atoms with Gasteiger partial charge < -0.3 is 5.32 Å². The number of carbonyl (C=O) groups excluding carboxylic acids is 3. The molecule has 3 saturated heterocycles. The average molecular weight is 371 g/mol. The molecule has 7 heteroatoms. The van der Waals surface area contributed by atoms with Crippen molar-refractivity contribution in [2.75, 3.05) is 11.9 Å². The van der Waals surface area contributed by atoms with Crippen molar-refractivity contribution < 1.29 is 18.8 Å². The molecule has 0 bridgehead atoms. The number of halogens is 1. The number of hydrogen-bond acceptors (Lipinski definition) is 4. The Morgan fingerprint density at radius 3 is 2.81 bits per heavy atom.